The van der Waals surface area contributed by atoms with Gasteiger partial charge in [-0.3, -0.25) is 4.99 Å². The van der Waals surface area contributed by atoms with Gasteiger partial charge in [0.05, 0.1) is 11.4 Å². The third-order valence-electron chi connectivity index (χ3n) is 3.40. The molecule has 0 radical (unpaired) electrons. The van der Waals surface area contributed by atoms with Crippen molar-refractivity contribution in [2.24, 2.45) is 10.7 Å². The Balaban J connectivity index is 2.68. The molecule has 0 aliphatic heterocycles. The number of hydrogen-bond acceptors (Lipinski definition) is 3. The zero-order valence-corrected chi connectivity index (χ0v) is 14.6. The van der Waals surface area contributed by atoms with Crippen LogP contribution in [0.15, 0.2) is 28.1 Å². The van der Waals surface area contributed by atoms with Crippen LogP contribution in [0.4, 0.5) is 0 Å². The zero-order chi connectivity index (χ0) is 16.8. The number of aryl methyl sites for hydroxylation is 2. The maximum Gasteiger partial charge on any atom is 0.240 e. The van der Waals surface area contributed by atoms with Crippen molar-refractivity contribution in [3.05, 3.63) is 29.3 Å². The van der Waals surface area contributed by atoms with E-state index in [0.29, 0.717) is 17.4 Å². The standard InChI is InChI=1S/C15H26N4O2S/c1-5-19(6-2)15(16)17-9-10-18-22(20,21)14-11-12(3)7-8-13(14)4/h7-8,11,18H,5-6,9-10H2,1-4H3,(H2,16,17). The lowest BCUT2D eigenvalue weighted by Gasteiger charge is -2.19. The molecule has 0 aliphatic carbocycles. The van der Waals surface area contributed by atoms with Gasteiger partial charge in [-0.05, 0) is 44.9 Å². The number of nitrogens with zero attached hydrogens (tertiary/aromatic N) is 2. The van der Waals surface area contributed by atoms with Gasteiger partial charge in [0.15, 0.2) is 5.96 Å². The van der Waals surface area contributed by atoms with E-state index in [9.17, 15) is 8.42 Å². The molecule has 0 heterocycles. The summed E-state index contributed by atoms with van der Waals surface area (Å²) in [6.07, 6.45) is 0. The lowest BCUT2D eigenvalue weighted by molar-refractivity contribution is 0.458. The van der Waals surface area contributed by atoms with Crippen LogP contribution in [0.3, 0.4) is 0 Å². The fraction of sp³-hybridized carbons (Fsp3) is 0.533. The van der Waals surface area contributed by atoms with Gasteiger partial charge in [-0.25, -0.2) is 13.1 Å². The maximum absolute atomic E-state index is 12.3. The molecule has 0 aliphatic rings. The van der Waals surface area contributed by atoms with Gasteiger partial charge in [0.2, 0.25) is 10.0 Å². The zero-order valence-electron chi connectivity index (χ0n) is 13.8. The number of hydrogen-bond donors (Lipinski definition) is 2. The van der Waals surface area contributed by atoms with Crippen molar-refractivity contribution in [2.45, 2.75) is 32.6 Å². The molecule has 0 aromatic heterocycles. The number of benzene rings is 1. The summed E-state index contributed by atoms with van der Waals surface area (Å²) in [5.74, 6) is 0.441. The first-order valence-corrected chi connectivity index (χ1v) is 8.92. The van der Waals surface area contributed by atoms with Crippen molar-refractivity contribution in [1.82, 2.24) is 9.62 Å². The molecule has 0 atom stereocenters. The molecule has 0 bridgehead atoms. The normalized spacial score (nSPS) is 12.5. The number of nitrogens with one attached hydrogen (secondary N) is 1. The van der Waals surface area contributed by atoms with Gasteiger partial charge in [0.1, 0.15) is 0 Å². The van der Waals surface area contributed by atoms with Crippen molar-refractivity contribution in [3.63, 3.8) is 0 Å². The Kier molecular flexibility index (Phi) is 6.83. The molecule has 0 saturated carbocycles. The summed E-state index contributed by atoms with van der Waals surface area (Å²) in [5, 5.41) is 0. The van der Waals surface area contributed by atoms with Crippen LogP contribution in [-0.2, 0) is 10.0 Å². The smallest absolute Gasteiger partial charge is 0.240 e. The van der Waals surface area contributed by atoms with E-state index in [0.717, 1.165) is 24.2 Å². The Hall–Kier alpha value is -1.60. The monoisotopic (exact) mass is 326 g/mol. The number of rotatable bonds is 7. The third kappa shape index (κ3) is 4.99. The van der Waals surface area contributed by atoms with Crippen molar-refractivity contribution in [2.75, 3.05) is 26.2 Å². The van der Waals surface area contributed by atoms with Crippen LogP contribution in [0, 0.1) is 13.8 Å². The molecule has 3 N–H and O–H groups in total. The molecule has 1 aromatic rings. The van der Waals surface area contributed by atoms with Crippen molar-refractivity contribution in [1.29, 1.82) is 0 Å². The average molecular weight is 326 g/mol. The highest BCUT2D eigenvalue weighted by molar-refractivity contribution is 7.89. The molecule has 7 heteroatoms. The highest BCUT2D eigenvalue weighted by Crippen LogP contribution is 2.16. The Morgan fingerprint density at radius 2 is 1.91 bits per heavy atom. The van der Waals surface area contributed by atoms with E-state index in [-0.39, 0.29) is 6.54 Å². The predicted octanol–water partition coefficient (Wildman–Crippen LogP) is 1.24. The predicted molar refractivity (Wildman–Crippen MR) is 90.5 cm³/mol. The summed E-state index contributed by atoms with van der Waals surface area (Å²) in [6, 6.07) is 5.37. The van der Waals surface area contributed by atoms with Crippen LogP contribution in [0.25, 0.3) is 0 Å². The van der Waals surface area contributed by atoms with Crippen LogP contribution in [0.5, 0.6) is 0 Å². The SMILES string of the molecule is CCN(CC)C(N)=NCCNS(=O)(=O)c1cc(C)ccc1C. The van der Waals surface area contributed by atoms with Crippen LogP contribution < -0.4 is 10.5 Å². The fourth-order valence-electron chi connectivity index (χ4n) is 2.07. The average Bonchev–Trinajstić information content (AvgIpc) is 2.47. The molecular weight excluding hydrogens is 300 g/mol. The Bertz CT molecular complexity index is 622. The van der Waals surface area contributed by atoms with E-state index in [1.54, 1.807) is 19.1 Å². The van der Waals surface area contributed by atoms with Gasteiger partial charge in [-0.2, -0.15) is 0 Å². The van der Waals surface area contributed by atoms with E-state index < -0.39 is 10.0 Å². The molecule has 0 fully saturated rings. The Morgan fingerprint density at radius 1 is 1.27 bits per heavy atom. The highest BCUT2D eigenvalue weighted by Gasteiger charge is 2.16. The first-order chi connectivity index (χ1) is 10.3. The maximum atomic E-state index is 12.3. The molecule has 22 heavy (non-hydrogen) atoms. The summed E-state index contributed by atoms with van der Waals surface area (Å²) in [6.45, 7) is 9.73. The van der Waals surface area contributed by atoms with Gasteiger partial charge in [-0.1, -0.05) is 12.1 Å². The number of nitrogens with two attached hydrogens (primary N) is 1. The van der Waals surface area contributed by atoms with Crippen LogP contribution in [-0.4, -0.2) is 45.5 Å². The summed E-state index contributed by atoms with van der Waals surface area (Å²) in [4.78, 5) is 6.43. The summed E-state index contributed by atoms with van der Waals surface area (Å²) < 4.78 is 27.2. The number of guanidine groups is 1. The minimum atomic E-state index is -3.52. The van der Waals surface area contributed by atoms with E-state index in [1.165, 1.54) is 0 Å². The van der Waals surface area contributed by atoms with E-state index in [1.807, 2.05) is 31.7 Å². The van der Waals surface area contributed by atoms with Crippen LogP contribution in [0.2, 0.25) is 0 Å². The summed E-state index contributed by atoms with van der Waals surface area (Å²) in [5.41, 5.74) is 7.48. The molecule has 1 rings (SSSR count). The largest absolute Gasteiger partial charge is 0.370 e. The molecule has 0 amide bonds. The first-order valence-electron chi connectivity index (χ1n) is 7.43. The van der Waals surface area contributed by atoms with Crippen LogP contribution >= 0.6 is 0 Å². The molecule has 1 aromatic carbocycles. The van der Waals surface area contributed by atoms with E-state index >= 15 is 0 Å². The second-order valence-corrected chi connectivity index (χ2v) is 6.81. The molecule has 0 saturated heterocycles. The molecule has 124 valence electrons. The molecule has 0 spiro atoms. The third-order valence-corrected chi connectivity index (χ3v) is 5.00. The minimum absolute atomic E-state index is 0.220. The van der Waals surface area contributed by atoms with Gasteiger partial charge >= 0.3 is 0 Å². The molecule has 6 nitrogen and oxygen atoms in total. The van der Waals surface area contributed by atoms with Crippen molar-refractivity contribution < 1.29 is 8.42 Å². The van der Waals surface area contributed by atoms with Crippen molar-refractivity contribution >= 4 is 16.0 Å². The quantitative estimate of drug-likeness (QED) is 0.448. The van der Waals surface area contributed by atoms with E-state index in [4.69, 9.17) is 5.73 Å². The lowest BCUT2D eigenvalue weighted by Crippen LogP contribution is -2.37. The lowest BCUT2D eigenvalue weighted by atomic mass is 10.2. The minimum Gasteiger partial charge on any atom is -0.370 e. The van der Waals surface area contributed by atoms with Crippen LogP contribution in [0.1, 0.15) is 25.0 Å². The summed E-state index contributed by atoms with van der Waals surface area (Å²) >= 11 is 0. The van der Waals surface area contributed by atoms with E-state index in [2.05, 4.69) is 9.71 Å². The fourth-order valence-corrected chi connectivity index (χ4v) is 3.42. The molecular formula is C15H26N4O2S. The van der Waals surface area contributed by atoms with Gasteiger partial charge in [0, 0.05) is 19.6 Å². The molecule has 0 unspecified atom stereocenters. The first kappa shape index (κ1) is 18.4. The van der Waals surface area contributed by atoms with Gasteiger partial charge < -0.3 is 10.6 Å². The Morgan fingerprint density at radius 3 is 2.50 bits per heavy atom. The van der Waals surface area contributed by atoms with Crippen molar-refractivity contribution in [3.8, 4) is 0 Å². The second kappa shape index (κ2) is 8.14. The summed E-state index contributed by atoms with van der Waals surface area (Å²) in [7, 11) is -3.52. The van der Waals surface area contributed by atoms with Gasteiger partial charge in [-0.15, -0.1) is 0 Å². The topological polar surface area (TPSA) is 87.8 Å². The highest BCUT2D eigenvalue weighted by atomic mass is 32.2. The number of sulfonamides is 1. The van der Waals surface area contributed by atoms with Gasteiger partial charge in [0.25, 0.3) is 0 Å². The number of aliphatic imine (C=N–C) groups is 1. The second-order valence-electron chi connectivity index (χ2n) is 5.08. The Labute approximate surface area is 133 Å².